The summed E-state index contributed by atoms with van der Waals surface area (Å²) < 4.78 is 0. The normalized spacial score (nSPS) is 15.3. The fraction of sp³-hybridized carbons (Fsp3) is 0.286. The molecule has 0 aliphatic carbocycles. The molecule has 18 heavy (non-hydrogen) atoms. The van der Waals surface area contributed by atoms with Gasteiger partial charge in [0.25, 0.3) is 0 Å². The number of hydrogen-bond acceptors (Lipinski definition) is 4. The molecule has 2 heterocycles. The molecule has 92 valence electrons. The molecule has 2 aromatic rings. The molecule has 0 radical (unpaired) electrons. The van der Waals surface area contributed by atoms with E-state index in [1.54, 1.807) is 12.4 Å². The third-order valence-corrected chi connectivity index (χ3v) is 3.31. The Hall–Kier alpha value is -1.94. The predicted octanol–water partition coefficient (Wildman–Crippen LogP) is 1.62. The highest BCUT2D eigenvalue weighted by Crippen LogP contribution is 2.21. The summed E-state index contributed by atoms with van der Waals surface area (Å²) in [6.45, 7) is 2.78. The van der Waals surface area contributed by atoms with Gasteiger partial charge in [0, 0.05) is 31.2 Å². The van der Waals surface area contributed by atoms with Crippen LogP contribution in [0, 0.1) is 0 Å². The van der Waals surface area contributed by atoms with Crippen molar-refractivity contribution in [2.75, 3.05) is 12.3 Å². The van der Waals surface area contributed by atoms with Gasteiger partial charge in [-0.05, 0) is 35.7 Å². The van der Waals surface area contributed by atoms with Gasteiger partial charge in [-0.25, -0.2) is 9.97 Å². The van der Waals surface area contributed by atoms with Gasteiger partial charge in [0.1, 0.15) is 5.82 Å². The maximum atomic E-state index is 5.84. The van der Waals surface area contributed by atoms with Crippen LogP contribution in [0.2, 0.25) is 0 Å². The summed E-state index contributed by atoms with van der Waals surface area (Å²) >= 11 is 0. The molecule has 4 heteroatoms. The quantitative estimate of drug-likeness (QED) is 0.810. The third kappa shape index (κ3) is 2.33. The number of nitrogens with zero attached hydrogens (tertiary/aromatic N) is 3. The van der Waals surface area contributed by atoms with Crippen LogP contribution in [0.3, 0.4) is 0 Å². The van der Waals surface area contributed by atoms with E-state index < -0.39 is 0 Å². The van der Waals surface area contributed by atoms with Crippen LogP contribution in [-0.2, 0) is 19.5 Å². The van der Waals surface area contributed by atoms with Gasteiger partial charge >= 0.3 is 0 Å². The molecule has 0 amide bonds. The number of benzene rings is 1. The van der Waals surface area contributed by atoms with Crippen molar-refractivity contribution in [1.82, 2.24) is 14.9 Å². The summed E-state index contributed by atoms with van der Waals surface area (Å²) in [7, 11) is 0. The fourth-order valence-electron chi connectivity index (χ4n) is 2.38. The van der Waals surface area contributed by atoms with E-state index in [1.807, 2.05) is 12.1 Å². The molecular weight excluding hydrogens is 224 g/mol. The van der Waals surface area contributed by atoms with Crippen molar-refractivity contribution in [3.8, 4) is 0 Å². The molecule has 0 spiro atoms. The van der Waals surface area contributed by atoms with Crippen LogP contribution in [-0.4, -0.2) is 21.4 Å². The van der Waals surface area contributed by atoms with Crippen molar-refractivity contribution < 1.29 is 0 Å². The van der Waals surface area contributed by atoms with Gasteiger partial charge in [-0.3, -0.25) is 4.90 Å². The molecule has 0 fully saturated rings. The average molecular weight is 240 g/mol. The largest absolute Gasteiger partial charge is 0.399 e. The van der Waals surface area contributed by atoms with Gasteiger partial charge in [-0.15, -0.1) is 0 Å². The molecule has 0 unspecified atom stereocenters. The van der Waals surface area contributed by atoms with E-state index in [1.165, 1.54) is 11.1 Å². The maximum absolute atomic E-state index is 5.84. The Morgan fingerprint density at radius 3 is 2.83 bits per heavy atom. The molecule has 0 saturated heterocycles. The smallest absolute Gasteiger partial charge is 0.142 e. The van der Waals surface area contributed by atoms with Crippen molar-refractivity contribution in [1.29, 1.82) is 0 Å². The molecule has 0 saturated carbocycles. The summed E-state index contributed by atoms with van der Waals surface area (Å²) in [5, 5.41) is 0. The van der Waals surface area contributed by atoms with E-state index in [2.05, 4.69) is 27.0 Å². The monoisotopic (exact) mass is 240 g/mol. The molecular formula is C14H16N4. The van der Waals surface area contributed by atoms with Gasteiger partial charge in [-0.2, -0.15) is 0 Å². The Morgan fingerprint density at radius 1 is 1.17 bits per heavy atom. The van der Waals surface area contributed by atoms with Gasteiger partial charge in [0.15, 0.2) is 0 Å². The third-order valence-electron chi connectivity index (χ3n) is 3.31. The molecule has 1 aromatic heterocycles. The molecule has 0 bridgehead atoms. The van der Waals surface area contributed by atoms with Gasteiger partial charge in [0.2, 0.25) is 0 Å². The number of aromatic nitrogens is 2. The Kier molecular flexibility index (Phi) is 2.94. The number of rotatable bonds is 2. The van der Waals surface area contributed by atoms with Gasteiger partial charge in [0.05, 0.1) is 6.54 Å². The minimum absolute atomic E-state index is 0.801. The van der Waals surface area contributed by atoms with E-state index in [9.17, 15) is 0 Å². The highest BCUT2D eigenvalue weighted by atomic mass is 15.1. The standard InChI is InChI=1S/C14H16N4/c15-13-3-2-11-4-7-18(9-12(11)8-13)10-14-16-5-1-6-17-14/h1-3,5-6,8H,4,7,9-10,15H2. The Bertz CT molecular complexity index is 539. The number of nitrogens with two attached hydrogens (primary N) is 1. The first-order chi connectivity index (χ1) is 8.81. The summed E-state index contributed by atoms with van der Waals surface area (Å²) in [6, 6.07) is 8.04. The highest BCUT2D eigenvalue weighted by molar-refractivity contribution is 5.45. The molecule has 1 aromatic carbocycles. The van der Waals surface area contributed by atoms with E-state index >= 15 is 0 Å². The zero-order chi connectivity index (χ0) is 12.4. The Labute approximate surface area is 106 Å². The van der Waals surface area contributed by atoms with Crippen LogP contribution >= 0.6 is 0 Å². The lowest BCUT2D eigenvalue weighted by atomic mass is 9.99. The first-order valence-electron chi connectivity index (χ1n) is 6.17. The summed E-state index contributed by atoms with van der Waals surface area (Å²) in [6.07, 6.45) is 4.65. The topological polar surface area (TPSA) is 55.0 Å². The maximum Gasteiger partial charge on any atom is 0.142 e. The van der Waals surface area contributed by atoms with Crippen molar-refractivity contribution in [2.24, 2.45) is 0 Å². The number of anilines is 1. The second kappa shape index (κ2) is 4.74. The Morgan fingerprint density at radius 2 is 2.00 bits per heavy atom. The predicted molar refractivity (Wildman–Crippen MR) is 70.7 cm³/mol. The lowest BCUT2D eigenvalue weighted by molar-refractivity contribution is 0.239. The lowest BCUT2D eigenvalue weighted by Crippen LogP contribution is -2.30. The van der Waals surface area contributed by atoms with E-state index in [4.69, 9.17) is 5.73 Å². The van der Waals surface area contributed by atoms with Crippen LogP contribution in [0.25, 0.3) is 0 Å². The SMILES string of the molecule is Nc1ccc2c(c1)CN(Cc1ncccn1)CC2. The zero-order valence-corrected chi connectivity index (χ0v) is 10.2. The minimum atomic E-state index is 0.801. The summed E-state index contributed by atoms with van der Waals surface area (Å²) in [4.78, 5) is 10.9. The van der Waals surface area contributed by atoms with E-state index in [-0.39, 0.29) is 0 Å². The van der Waals surface area contributed by atoms with E-state index in [0.29, 0.717) is 0 Å². The summed E-state index contributed by atoms with van der Waals surface area (Å²) in [5.74, 6) is 0.879. The van der Waals surface area contributed by atoms with E-state index in [0.717, 1.165) is 37.6 Å². The highest BCUT2D eigenvalue weighted by Gasteiger charge is 2.16. The first kappa shape index (κ1) is 11.2. The van der Waals surface area contributed by atoms with Gasteiger partial charge in [-0.1, -0.05) is 6.07 Å². The van der Waals surface area contributed by atoms with Crippen LogP contribution in [0.4, 0.5) is 5.69 Å². The Balaban J connectivity index is 1.75. The molecule has 3 rings (SSSR count). The molecule has 1 aliphatic rings. The van der Waals surface area contributed by atoms with Crippen molar-refractivity contribution >= 4 is 5.69 Å². The average Bonchev–Trinajstić information content (AvgIpc) is 2.39. The van der Waals surface area contributed by atoms with Crippen molar-refractivity contribution in [3.05, 3.63) is 53.6 Å². The number of nitrogen functional groups attached to an aromatic ring is 1. The number of fused-ring (bicyclic) bond motifs is 1. The fourth-order valence-corrected chi connectivity index (χ4v) is 2.38. The van der Waals surface area contributed by atoms with Crippen LogP contribution in [0.5, 0.6) is 0 Å². The molecule has 2 N–H and O–H groups in total. The van der Waals surface area contributed by atoms with Crippen LogP contribution in [0.1, 0.15) is 17.0 Å². The molecule has 0 atom stereocenters. The van der Waals surface area contributed by atoms with Crippen LogP contribution in [0.15, 0.2) is 36.7 Å². The van der Waals surface area contributed by atoms with Gasteiger partial charge < -0.3 is 5.73 Å². The first-order valence-corrected chi connectivity index (χ1v) is 6.17. The minimum Gasteiger partial charge on any atom is -0.399 e. The lowest BCUT2D eigenvalue weighted by Gasteiger charge is -2.28. The molecule has 4 nitrogen and oxygen atoms in total. The van der Waals surface area contributed by atoms with Crippen LogP contribution < -0.4 is 5.73 Å². The second-order valence-corrected chi connectivity index (χ2v) is 4.65. The van der Waals surface area contributed by atoms with Crippen molar-refractivity contribution in [3.63, 3.8) is 0 Å². The summed E-state index contributed by atoms with van der Waals surface area (Å²) in [5.41, 5.74) is 9.42. The zero-order valence-electron chi connectivity index (χ0n) is 10.2. The number of hydrogen-bond donors (Lipinski definition) is 1. The van der Waals surface area contributed by atoms with Crippen molar-refractivity contribution in [2.45, 2.75) is 19.5 Å². The second-order valence-electron chi connectivity index (χ2n) is 4.65. The molecule has 1 aliphatic heterocycles.